The number of Topliss-reactive ketones (excluding diaryl/α,β-unsaturated/α-hetero) is 1. The molecule has 1 aromatic carbocycles. The van der Waals surface area contributed by atoms with Gasteiger partial charge in [0.15, 0.2) is 17.3 Å². The third kappa shape index (κ3) is 3.52. The Kier molecular flexibility index (Phi) is 5.40. The summed E-state index contributed by atoms with van der Waals surface area (Å²) in [5, 5.41) is 6.12. The van der Waals surface area contributed by atoms with Crippen LogP contribution in [-0.2, 0) is 13.1 Å². The number of ether oxygens (including phenoxy) is 2. The van der Waals surface area contributed by atoms with Crippen molar-refractivity contribution in [1.29, 1.82) is 0 Å². The van der Waals surface area contributed by atoms with Crippen LogP contribution in [0.25, 0.3) is 16.0 Å². The van der Waals surface area contributed by atoms with Gasteiger partial charge in [0.1, 0.15) is 11.2 Å². The van der Waals surface area contributed by atoms with Crippen LogP contribution in [0, 0.1) is 5.92 Å². The van der Waals surface area contributed by atoms with E-state index in [2.05, 4.69) is 5.10 Å². The summed E-state index contributed by atoms with van der Waals surface area (Å²) in [5.41, 5.74) is 0.209. The maximum absolute atomic E-state index is 13.1. The first-order chi connectivity index (χ1) is 14.8. The Labute approximate surface area is 181 Å². The maximum atomic E-state index is 13.1. The van der Waals surface area contributed by atoms with E-state index in [1.54, 1.807) is 29.6 Å². The molecule has 0 saturated carbocycles. The molecule has 0 unspecified atom stereocenters. The average Bonchev–Trinajstić information content (AvgIpc) is 3.35. The van der Waals surface area contributed by atoms with Crippen LogP contribution in [0.4, 0.5) is 0 Å². The van der Waals surface area contributed by atoms with Crippen LogP contribution in [0.5, 0.6) is 11.5 Å². The van der Waals surface area contributed by atoms with Crippen molar-refractivity contribution in [1.82, 2.24) is 18.7 Å². The second-order valence-electron chi connectivity index (χ2n) is 7.51. The van der Waals surface area contributed by atoms with Crippen LogP contribution in [0.15, 0.2) is 39.2 Å². The van der Waals surface area contributed by atoms with Crippen molar-refractivity contribution in [3.8, 4) is 11.5 Å². The van der Waals surface area contributed by atoms with Gasteiger partial charge >= 0.3 is 5.69 Å². The van der Waals surface area contributed by atoms with Gasteiger partial charge in [-0.15, -0.1) is 16.4 Å². The number of benzene rings is 1. The molecule has 0 N–H and O–H groups in total. The lowest BCUT2D eigenvalue weighted by atomic mass is 10.1. The monoisotopic (exact) mass is 442 g/mol. The van der Waals surface area contributed by atoms with Crippen molar-refractivity contribution in [3.05, 3.63) is 56.0 Å². The largest absolute Gasteiger partial charge is 0.493 e. The van der Waals surface area contributed by atoms with Gasteiger partial charge in [0.2, 0.25) is 5.78 Å². The van der Waals surface area contributed by atoms with E-state index in [1.807, 2.05) is 13.8 Å². The molecule has 0 atom stereocenters. The molecule has 31 heavy (non-hydrogen) atoms. The van der Waals surface area contributed by atoms with Crippen LogP contribution in [0.3, 0.4) is 0 Å². The summed E-state index contributed by atoms with van der Waals surface area (Å²) in [6.45, 7) is 4.11. The number of ketones is 1. The van der Waals surface area contributed by atoms with Crippen molar-refractivity contribution in [2.24, 2.45) is 5.92 Å². The van der Waals surface area contributed by atoms with E-state index in [1.165, 1.54) is 34.5 Å². The quantitative estimate of drug-likeness (QED) is 0.408. The van der Waals surface area contributed by atoms with Gasteiger partial charge < -0.3 is 9.47 Å². The molecular weight excluding hydrogens is 420 g/mol. The Hall–Kier alpha value is -3.40. The summed E-state index contributed by atoms with van der Waals surface area (Å²) < 4.78 is 14.9. The van der Waals surface area contributed by atoms with Crippen LogP contribution in [-0.4, -0.2) is 38.8 Å². The van der Waals surface area contributed by atoms with Gasteiger partial charge in [-0.05, 0) is 35.6 Å². The lowest BCUT2D eigenvalue weighted by Crippen LogP contribution is -2.27. The summed E-state index contributed by atoms with van der Waals surface area (Å²) in [4.78, 5) is 39.0. The van der Waals surface area contributed by atoms with Gasteiger partial charge in [-0.3, -0.25) is 14.2 Å². The van der Waals surface area contributed by atoms with Crippen LogP contribution < -0.4 is 20.7 Å². The van der Waals surface area contributed by atoms with Gasteiger partial charge in [-0.1, -0.05) is 13.8 Å². The van der Waals surface area contributed by atoms with Gasteiger partial charge in [-0.25, -0.2) is 13.9 Å². The molecule has 0 saturated heterocycles. The lowest BCUT2D eigenvalue weighted by Gasteiger charge is -2.09. The molecular formula is C21H22N4O5S. The van der Waals surface area contributed by atoms with E-state index in [9.17, 15) is 14.4 Å². The minimum absolute atomic E-state index is 0.174. The maximum Gasteiger partial charge on any atom is 0.352 e. The Morgan fingerprint density at radius 2 is 1.87 bits per heavy atom. The molecule has 162 valence electrons. The van der Waals surface area contributed by atoms with Crippen LogP contribution >= 0.6 is 11.3 Å². The Bertz CT molecular complexity index is 1410. The molecule has 0 amide bonds. The molecule has 0 aliphatic heterocycles. The molecule has 0 spiro atoms. The number of aromatic nitrogens is 4. The first-order valence-electron chi connectivity index (χ1n) is 9.70. The molecule has 4 aromatic rings. The highest BCUT2D eigenvalue weighted by molar-refractivity contribution is 7.17. The number of carbonyl (C=O) groups excluding carboxylic acids is 1. The highest BCUT2D eigenvalue weighted by Crippen LogP contribution is 2.27. The predicted molar refractivity (Wildman–Crippen MR) is 118 cm³/mol. The molecule has 0 aliphatic carbocycles. The molecule has 3 aromatic heterocycles. The standard InChI is InChI=1S/C21H22N4O5S/c1-12(2)10-23-19(27)18-14(7-8-31-18)25-20(23)22-24(21(25)28)11-15(26)13-5-6-16(29-3)17(9-13)30-4/h5-9,12H,10-11H2,1-4H3. The Morgan fingerprint density at radius 3 is 2.55 bits per heavy atom. The summed E-state index contributed by atoms with van der Waals surface area (Å²) in [6, 6.07) is 6.52. The number of thiophene rings is 1. The van der Waals surface area contributed by atoms with E-state index in [0.29, 0.717) is 33.8 Å². The van der Waals surface area contributed by atoms with Gasteiger partial charge in [0, 0.05) is 12.1 Å². The normalized spacial score (nSPS) is 11.5. The molecule has 10 heteroatoms. The van der Waals surface area contributed by atoms with Crippen molar-refractivity contribution < 1.29 is 14.3 Å². The zero-order valence-electron chi connectivity index (χ0n) is 17.6. The zero-order chi connectivity index (χ0) is 22.3. The van der Waals surface area contributed by atoms with E-state index in [4.69, 9.17) is 9.47 Å². The zero-order valence-corrected chi connectivity index (χ0v) is 18.4. The van der Waals surface area contributed by atoms with E-state index in [0.717, 1.165) is 4.68 Å². The summed E-state index contributed by atoms with van der Waals surface area (Å²) in [7, 11) is 3.00. The summed E-state index contributed by atoms with van der Waals surface area (Å²) in [6.07, 6.45) is 0. The highest BCUT2D eigenvalue weighted by atomic mass is 32.1. The number of fused-ring (bicyclic) bond motifs is 3. The predicted octanol–water partition coefficient (Wildman–Crippen LogP) is 2.43. The molecule has 0 bridgehead atoms. The van der Waals surface area contributed by atoms with Crippen molar-refractivity contribution >= 4 is 33.1 Å². The smallest absolute Gasteiger partial charge is 0.352 e. The first kappa shape index (κ1) is 20.9. The van der Waals surface area contributed by atoms with Crippen molar-refractivity contribution in [3.63, 3.8) is 0 Å². The van der Waals surface area contributed by atoms with Crippen LogP contribution in [0.1, 0.15) is 24.2 Å². The fourth-order valence-electron chi connectivity index (χ4n) is 3.50. The summed E-state index contributed by atoms with van der Waals surface area (Å²) in [5.74, 6) is 1.01. The van der Waals surface area contributed by atoms with Gasteiger partial charge in [0.05, 0.1) is 19.7 Å². The molecule has 3 heterocycles. The first-order valence-corrected chi connectivity index (χ1v) is 10.6. The molecule has 9 nitrogen and oxygen atoms in total. The number of carbonyl (C=O) groups is 1. The third-order valence-electron chi connectivity index (χ3n) is 4.94. The number of hydrogen-bond donors (Lipinski definition) is 0. The van der Waals surface area contributed by atoms with Crippen molar-refractivity contribution in [2.45, 2.75) is 26.9 Å². The fourth-order valence-corrected chi connectivity index (χ4v) is 4.33. The topological polar surface area (TPSA) is 96.8 Å². The highest BCUT2D eigenvalue weighted by Gasteiger charge is 2.20. The molecule has 0 aliphatic rings. The number of rotatable bonds is 7. The van der Waals surface area contributed by atoms with E-state index >= 15 is 0 Å². The minimum atomic E-state index is -0.468. The number of methoxy groups -OCH3 is 2. The summed E-state index contributed by atoms with van der Waals surface area (Å²) >= 11 is 1.28. The van der Waals surface area contributed by atoms with Crippen molar-refractivity contribution in [2.75, 3.05) is 14.2 Å². The Balaban J connectivity index is 1.82. The molecule has 0 fully saturated rings. The van der Waals surface area contributed by atoms with Crippen LogP contribution in [0.2, 0.25) is 0 Å². The Morgan fingerprint density at radius 1 is 1.13 bits per heavy atom. The average molecular weight is 442 g/mol. The molecule has 4 rings (SSSR count). The molecule has 0 radical (unpaired) electrons. The minimum Gasteiger partial charge on any atom is -0.493 e. The number of nitrogens with zero attached hydrogens (tertiary/aromatic N) is 4. The lowest BCUT2D eigenvalue weighted by molar-refractivity contribution is 0.0966. The van der Waals surface area contributed by atoms with Gasteiger partial charge in [-0.2, -0.15) is 0 Å². The fraction of sp³-hybridized carbons (Fsp3) is 0.333. The second-order valence-corrected chi connectivity index (χ2v) is 8.43. The second kappa shape index (κ2) is 8.03. The van der Waals surface area contributed by atoms with E-state index < -0.39 is 5.69 Å². The van der Waals surface area contributed by atoms with Gasteiger partial charge in [0.25, 0.3) is 5.56 Å². The third-order valence-corrected chi connectivity index (χ3v) is 5.83. The number of hydrogen-bond acceptors (Lipinski definition) is 7. The SMILES string of the molecule is COc1ccc(C(=O)Cn2nc3n(CC(C)C)c(=O)c4sccc4n3c2=O)cc1OC. The van der Waals surface area contributed by atoms with E-state index in [-0.39, 0.29) is 29.6 Å².